The molecule has 2 heterocycles. The number of hydrogen-bond acceptors (Lipinski definition) is 6. The van der Waals surface area contributed by atoms with Gasteiger partial charge in [-0.05, 0) is 12.8 Å². The molecule has 1 aromatic rings. The Bertz CT molecular complexity index is 710. The number of ether oxygens (including phenoxy) is 2. The van der Waals surface area contributed by atoms with Crippen molar-refractivity contribution in [3.8, 4) is 5.75 Å². The van der Waals surface area contributed by atoms with Crippen molar-refractivity contribution in [2.45, 2.75) is 44.2 Å². The molecule has 1 atom stereocenters. The Kier molecular flexibility index (Phi) is 5.92. The SMILES string of the molecule is COc1coc(C(=O)N2CCOC[C@@H]2CC(=O)NC2CCCC2)cc1=O. The summed E-state index contributed by atoms with van der Waals surface area (Å²) in [5, 5.41) is 3.03. The van der Waals surface area contributed by atoms with Gasteiger partial charge in [0.15, 0.2) is 5.76 Å². The van der Waals surface area contributed by atoms with E-state index in [2.05, 4.69) is 5.32 Å². The summed E-state index contributed by atoms with van der Waals surface area (Å²) < 4.78 is 15.5. The van der Waals surface area contributed by atoms with Crippen LogP contribution in [0.2, 0.25) is 0 Å². The monoisotopic (exact) mass is 364 g/mol. The predicted molar refractivity (Wildman–Crippen MR) is 92.2 cm³/mol. The quantitative estimate of drug-likeness (QED) is 0.835. The van der Waals surface area contributed by atoms with E-state index in [1.54, 1.807) is 4.90 Å². The van der Waals surface area contributed by atoms with Gasteiger partial charge in [0, 0.05) is 25.1 Å². The van der Waals surface area contributed by atoms with Gasteiger partial charge in [-0.2, -0.15) is 0 Å². The second-order valence-corrected chi connectivity index (χ2v) is 6.66. The van der Waals surface area contributed by atoms with Crippen molar-refractivity contribution in [2.24, 2.45) is 0 Å². The standard InChI is InChI=1S/C18H24N2O6/c1-24-16-11-26-15(9-14(16)21)18(23)20-6-7-25-10-13(20)8-17(22)19-12-4-2-3-5-12/h9,11-13H,2-8,10H2,1H3,(H,19,22)/t13-/m0/s1. The zero-order valence-corrected chi connectivity index (χ0v) is 14.9. The largest absolute Gasteiger partial charge is 0.490 e. The number of nitrogens with zero attached hydrogens (tertiary/aromatic N) is 1. The van der Waals surface area contributed by atoms with Gasteiger partial charge in [0.25, 0.3) is 5.91 Å². The van der Waals surface area contributed by atoms with E-state index in [1.807, 2.05) is 0 Å². The lowest BCUT2D eigenvalue weighted by atomic mass is 10.1. The van der Waals surface area contributed by atoms with Crippen molar-refractivity contribution in [2.75, 3.05) is 26.9 Å². The molecule has 1 saturated heterocycles. The molecule has 0 radical (unpaired) electrons. The van der Waals surface area contributed by atoms with Crippen LogP contribution in [0, 0.1) is 0 Å². The molecule has 142 valence electrons. The van der Waals surface area contributed by atoms with E-state index >= 15 is 0 Å². The molecule has 0 spiro atoms. The number of amides is 2. The first kappa shape index (κ1) is 18.4. The highest BCUT2D eigenvalue weighted by molar-refractivity contribution is 5.92. The molecular weight excluding hydrogens is 340 g/mol. The Labute approximate surface area is 151 Å². The van der Waals surface area contributed by atoms with Crippen LogP contribution in [0.15, 0.2) is 21.5 Å². The third kappa shape index (κ3) is 4.24. The fourth-order valence-electron chi connectivity index (χ4n) is 3.46. The summed E-state index contributed by atoms with van der Waals surface area (Å²) in [6, 6.07) is 0.965. The molecule has 1 aliphatic carbocycles. The fourth-order valence-corrected chi connectivity index (χ4v) is 3.46. The predicted octanol–water partition coefficient (Wildman–Crippen LogP) is 0.938. The number of methoxy groups -OCH3 is 1. The minimum Gasteiger partial charge on any atom is -0.490 e. The molecule has 1 aromatic heterocycles. The number of rotatable bonds is 5. The smallest absolute Gasteiger partial charge is 0.290 e. The molecule has 1 aliphatic heterocycles. The van der Waals surface area contributed by atoms with Gasteiger partial charge in [-0.25, -0.2) is 0 Å². The van der Waals surface area contributed by atoms with Crippen molar-refractivity contribution < 1.29 is 23.5 Å². The van der Waals surface area contributed by atoms with Crippen LogP contribution in [0.4, 0.5) is 0 Å². The summed E-state index contributed by atoms with van der Waals surface area (Å²) in [7, 11) is 1.36. The molecule has 0 bridgehead atoms. The second kappa shape index (κ2) is 8.35. The molecule has 8 nitrogen and oxygen atoms in total. The molecule has 1 N–H and O–H groups in total. The van der Waals surface area contributed by atoms with E-state index < -0.39 is 11.3 Å². The van der Waals surface area contributed by atoms with E-state index in [1.165, 1.54) is 7.11 Å². The zero-order valence-electron chi connectivity index (χ0n) is 14.9. The van der Waals surface area contributed by atoms with Gasteiger partial charge >= 0.3 is 0 Å². The van der Waals surface area contributed by atoms with Crippen molar-refractivity contribution >= 4 is 11.8 Å². The maximum Gasteiger partial charge on any atom is 0.290 e. The summed E-state index contributed by atoms with van der Waals surface area (Å²) in [6.45, 7) is 1.01. The Morgan fingerprint density at radius 3 is 2.81 bits per heavy atom. The minimum absolute atomic E-state index is 0.0380. The molecule has 1 saturated carbocycles. The van der Waals surface area contributed by atoms with E-state index in [-0.39, 0.29) is 42.5 Å². The molecule has 2 amide bonds. The number of nitrogens with one attached hydrogen (secondary N) is 1. The van der Waals surface area contributed by atoms with Gasteiger partial charge in [0.2, 0.25) is 17.1 Å². The Hall–Kier alpha value is -2.35. The third-order valence-electron chi connectivity index (χ3n) is 4.86. The first-order valence-electron chi connectivity index (χ1n) is 8.93. The molecule has 8 heteroatoms. The summed E-state index contributed by atoms with van der Waals surface area (Å²) in [6.07, 6.45) is 5.58. The average molecular weight is 364 g/mol. The summed E-state index contributed by atoms with van der Waals surface area (Å²) in [4.78, 5) is 38.5. The highest BCUT2D eigenvalue weighted by Crippen LogP contribution is 2.19. The number of hydrogen-bond donors (Lipinski definition) is 1. The highest BCUT2D eigenvalue weighted by Gasteiger charge is 2.32. The van der Waals surface area contributed by atoms with E-state index in [0.29, 0.717) is 13.2 Å². The highest BCUT2D eigenvalue weighted by atomic mass is 16.5. The lowest BCUT2D eigenvalue weighted by Gasteiger charge is -2.35. The van der Waals surface area contributed by atoms with Crippen LogP contribution in [-0.4, -0.2) is 55.7 Å². The third-order valence-corrected chi connectivity index (χ3v) is 4.86. The number of carbonyl (C=O) groups is 2. The van der Waals surface area contributed by atoms with Gasteiger partial charge in [-0.15, -0.1) is 0 Å². The molecule has 26 heavy (non-hydrogen) atoms. The maximum absolute atomic E-state index is 12.8. The van der Waals surface area contributed by atoms with Crippen LogP contribution in [0.25, 0.3) is 0 Å². The van der Waals surface area contributed by atoms with Crippen LogP contribution in [0.5, 0.6) is 5.75 Å². The van der Waals surface area contributed by atoms with Gasteiger partial charge in [-0.1, -0.05) is 12.8 Å². The Morgan fingerprint density at radius 1 is 1.35 bits per heavy atom. The summed E-state index contributed by atoms with van der Waals surface area (Å²) in [5.41, 5.74) is -0.425. The zero-order chi connectivity index (χ0) is 18.5. The molecular formula is C18H24N2O6. The maximum atomic E-state index is 12.8. The van der Waals surface area contributed by atoms with Crippen molar-refractivity contribution in [1.29, 1.82) is 0 Å². The number of morpholine rings is 1. The van der Waals surface area contributed by atoms with Crippen LogP contribution in [-0.2, 0) is 9.53 Å². The summed E-state index contributed by atoms with van der Waals surface area (Å²) in [5.74, 6) is -0.539. The number of carbonyl (C=O) groups excluding carboxylic acids is 2. The second-order valence-electron chi connectivity index (χ2n) is 6.66. The molecule has 0 unspecified atom stereocenters. The van der Waals surface area contributed by atoms with Crippen LogP contribution in [0.3, 0.4) is 0 Å². The van der Waals surface area contributed by atoms with Gasteiger partial charge < -0.3 is 24.1 Å². The summed E-state index contributed by atoms with van der Waals surface area (Å²) >= 11 is 0. The molecule has 0 aromatic carbocycles. The van der Waals surface area contributed by atoms with Crippen molar-refractivity contribution in [3.63, 3.8) is 0 Å². The Balaban J connectivity index is 1.67. The first-order chi connectivity index (χ1) is 12.6. The van der Waals surface area contributed by atoms with Gasteiger partial charge in [0.1, 0.15) is 6.26 Å². The Morgan fingerprint density at radius 2 is 2.12 bits per heavy atom. The van der Waals surface area contributed by atoms with Gasteiger partial charge in [-0.3, -0.25) is 14.4 Å². The fraction of sp³-hybridized carbons (Fsp3) is 0.611. The van der Waals surface area contributed by atoms with Crippen LogP contribution < -0.4 is 15.5 Å². The molecule has 2 fully saturated rings. The van der Waals surface area contributed by atoms with E-state index in [0.717, 1.165) is 38.0 Å². The minimum atomic E-state index is -0.425. The first-order valence-corrected chi connectivity index (χ1v) is 8.93. The van der Waals surface area contributed by atoms with Crippen LogP contribution in [0.1, 0.15) is 42.7 Å². The van der Waals surface area contributed by atoms with Gasteiger partial charge in [0.05, 0.1) is 26.4 Å². The molecule has 3 rings (SSSR count). The van der Waals surface area contributed by atoms with Crippen LogP contribution >= 0.6 is 0 Å². The molecule has 2 aliphatic rings. The van der Waals surface area contributed by atoms with E-state index in [9.17, 15) is 14.4 Å². The lowest BCUT2D eigenvalue weighted by molar-refractivity contribution is -0.124. The topological polar surface area (TPSA) is 98.1 Å². The van der Waals surface area contributed by atoms with E-state index in [4.69, 9.17) is 13.9 Å². The van der Waals surface area contributed by atoms with Crippen molar-refractivity contribution in [1.82, 2.24) is 10.2 Å². The normalized spacial score (nSPS) is 20.8. The van der Waals surface area contributed by atoms with Crippen molar-refractivity contribution in [3.05, 3.63) is 28.3 Å². The average Bonchev–Trinajstić information content (AvgIpc) is 3.14. The lowest BCUT2D eigenvalue weighted by Crippen LogP contribution is -2.51.